The van der Waals surface area contributed by atoms with Gasteiger partial charge in [-0.2, -0.15) is 5.10 Å². The summed E-state index contributed by atoms with van der Waals surface area (Å²) in [5.41, 5.74) is 0. The van der Waals surface area contributed by atoms with Crippen LogP contribution < -0.4 is 5.32 Å². The van der Waals surface area contributed by atoms with E-state index < -0.39 is 0 Å². The molecular weight excluding hydrogens is 300 g/mol. The number of rotatable bonds is 8. The Kier molecular flexibility index (Phi) is 5.15. The van der Waals surface area contributed by atoms with Gasteiger partial charge in [0.25, 0.3) is 0 Å². The van der Waals surface area contributed by atoms with Crippen molar-refractivity contribution in [2.24, 2.45) is 0 Å². The van der Waals surface area contributed by atoms with Crippen LogP contribution in [0.5, 0.6) is 0 Å². The second-order valence-corrected chi connectivity index (χ2v) is 6.85. The molecule has 0 aromatic carbocycles. The summed E-state index contributed by atoms with van der Waals surface area (Å²) in [6.07, 6.45) is 4.61. The van der Waals surface area contributed by atoms with Crippen LogP contribution in [0.25, 0.3) is 0 Å². The highest BCUT2D eigenvalue weighted by atomic mass is 32.1. The van der Waals surface area contributed by atoms with Gasteiger partial charge >= 0.3 is 0 Å². The fraction of sp³-hybridized carbons (Fsp3) is 0.333. The van der Waals surface area contributed by atoms with Crippen molar-refractivity contribution in [2.75, 3.05) is 6.54 Å². The average Bonchev–Trinajstić information content (AvgIpc) is 3.25. The predicted octanol–water partition coefficient (Wildman–Crippen LogP) is 3.43. The highest BCUT2D eigenvalue weighted by Gasteiger charge is 2.13. The first kappa shape index (κ1) is 14.4. The number of aromatic nitrogens is 3. The van der Waals surface area contributed by atoms with Crippen LogP contribution in [0.15, 0.2) is 41.4 Å². The Balaban J connectivity index is 1.52. The summed E-state index contributed by atoms with van der Waals surface area (Å²) < 4.78 is 0. The molecule has 3 aromatic rings. The van der Waals surface area contributed by atoms with Crippen molar-refractivity contribution >= 4 is 22.7 Å². The Morgan fingerprint density at radius 2 is 2.10 bits per heavy atom. The largest absolute Gasteiger partial charge is 0.309 e. The number of aromatic amines is 1. The van der Waals surface area contributed by atoms with Crippen LogP contribution in [0.4, 0.5) is 0 Å². The number of thiophene rings is 2. The molecule has 1 unspecified atom stereocenters. The van der Waals surface area contributed by atoms with Crippen LogP contribution in [0.3, 0.4) is 0 Å². The molecular formula is C15H18N4S2. The SMILES string of the molecule is c1csc(CC(NCCCc2ncn[nH]2)c2cccs2)c1. The molecule has 0 aliphatic rings. The van der Waals surface area contributed by atoms with E-state index in [-0.39, 0.29) is 0 Å². The molecule has 3 heterocycles. The number of aryl methyl sites for hydroxylation is 1. The third-order valence-corrected chi connectivity index (χ3v) is 5.20. The number of hydrogen-bond donors (Lipinski definition) is 2. The highest BCUT2D eigenvalue weighted by molar-refractivity contribution is 7.10. The second-order valence-electron chi connectivity index (χ2n) is 4.84. The van der Waals surface area contributed by atoms with E-state index in [0.29, 0.717) is 6.04 Å². The van der Waals surface area contributed by atoms with Crippen LogP contribution in [-0.2, 0) is 12.8 Å². The zero-order valence-electron chi connectivity index (χ0n) is 11.7. The summed E-state index contributed by atoms with van der Waals surface area (Å²) in [5.74, 6) is 0.961. The van der Waals surface area contributed by atoms with Crippen LogP contribution in [0.2, 0.25) is 0 Å². The van der Waals surface area contributed by atoms with Crippen LogP contribution in [0, 0.1) is 0 Å². The van der Waals surface area contributed by atoms with E-state index >= 15 is 0 Å². The van der Waals surface area contributed by atoms with Gasteiger partial charge in [-0.05, 0) is 35.9 Å². The summed E-state index contributed by atoms with van der Waals surface area (Å²) in [7, 11) is 0. The standard InChI is InChI=1S/C15H18N4S2/c1(6-15-17-11-18-19-15)7-16-13(14-5-3-9-21-14)10-12-4-2-8-20-12/h2-5,8-9,11,13,16H,1,6-7,10H2,(H,17,18,19). The minimum Gasteiger partial charge on any atom is -0.309 e. The van der Waals surface area contributed by atoms with E-state index in [1.165, 1.54) is 9.75 Å². The van der Waals surface area contributed by atoms with Gasteiger partial charge in [0.2, 0.25) is 0 Å². The molecule has 3 aromatic heterocycles. The number of hydrogen-bond acceptors (Lipinski definition) is 5. The molecule has 4 nitrogen and oxygen atoms in total. The highest BCUT2D eigenvalue weighted by Crippen LogP contribution is 2.24. The molecule has 0 fully saturated rings. The molecule has 0 saturated heterocycles. The Hall–Kier alpha value is -1.50. The molecule has 110 valence electrons. The van der Waals surface area contributed by atoms with Crippen molar-refractivity contribution in [1.29, 1.82) is 0 Å². The van der Waals surface area contributed by atoms with Gasteiger partial charge in [-0.25, -0.2) is 4.98 Å². The van der Waals surface area contributed by atoms with E-state index in [9.17, 15) is 0 Å². The van der Waals surface area contributed by atoms with E-state index in [2.05, 4.69) is 55.5 Å². The molecule has 2 N–H and O–H groups in total. The van der Waals surface area contributed by atoms with Crippen LogP contribution in [-0.4, -0.2) is 21.7 Å². The fourth-order valence-corrected chi connectivity index (χ4v) is 3.83. The molecule has 0 saturated carbocycles. The molecule has 0 aliphatic heterocycles. The van der Waals surface area contributed by atoms with E-state index in [1.807, 2.05) is 22.7 Å². The normalized spacial score (nSPS) is 12.6. The Morgan fingerprint density at radius 3 is 2.81 bits per heavy atom. The number of nitrogens with zero attached hydrogens (tertiary/aromatic N) is 2. The quantitative estimate of drug-likeness (QED) is 0.626. The van der Waals surface area contributed by atoms with Gasteiger partial charge < -0.3 is 5.32 Å². The summed E-state index contributed by atoms with van der Waals surface area (Å²) in [4.78, 5) is 6.99. The first-order valence-corrected chi connectivity index (χ1v) is 8.81. The van der Waals surface area contributed by atoms with E-state index in [0.717, 1.165) is 31.6 Å². The maximum absolute atomic E-state index is 4.15. The molecule has 6 heteroatoms. The average molecular weight is 318 g/mol. The minimum atomic E-state index is 0.401. The first-order valence-electron chi connectivity index (χ1n) is 7.05. The Labute approximate surface area is 132 Å². The van der Waals surface area contributed by atoms with Crippen molar-refractivity contribution in [3.63, 3.8) is 0 Å². The molecule has 1 atom stereocenters. The maximum atomic E-state index is 4.15. The molecule has 0 spiro atoms. The van der Waals surface area contributed by atoms with Crippen molar-refractivity contribution in [3.8, 4) is 0 Å². The Bertz CT molecular complexity index is 602. The smallest absolute Gasteiger partial charge is 0.137 e. The predicted molar refractivity (Wildman–Crippen MR) is 87.8 cm³/mol. The lowest BCUT2D eigenvalue weighted by Crippen LogP contribution is -2.23. The van der Waals surface area contributed by atoms with Gasteiger partial charge in [0.05, 0.1) is 0 Å². The van der Waals surface area contributed by atoms with Gasteiger partial charge in [-0.15, -0.1) is 22.7 Å². The summed E-state index contributed by atoms with van der Waals surface area (Å²) in [6, 6.07) is 9.07. The Morgan fingerprint density at radius 1 is 1.19 bits per heavy atom. The number of H-pyrrole nitrogens is 1. The lowest BCUT2D eigenvalue weighted by atomic mass is 10.1. The summed E-state index contributed by atoms with van der Waals surface area (Å²) in [6.45, 7) is 0.981. The van der Waals surface area contributed by atoms with Gasteiger partial charge in [-0.1, -0.05) is 12.1 Å². The third-order valence-electron chi connectivity index (χ3n) is 3.32. The lowest BCUT2D eigenvalue weighted by molar-refractivity contribution is 0.527. The zero-order chi connectivity index (χ0) is 14.3. The van der Waals surface area contributed by atoms with Gasteiger partial charge in [-0.3, -0.25) is 5.10 Å². The second kappa shape index (κ2) is 7.49. The van der Waals surface area contributed by atoms with Crippen LogP contribution >= 0.6 is 22.7 Å². The summed E-state index contributed by atoms with van der Waals surface area (Å²) in [5, 5.41) is 14.7. The molecule has 0 amide bonds. The molecule has 0 radical (unpaired) electrons. The van der Waals surface area contributed by atoms with Crippen molar-refractivity contribution in [3.05, 3.63) is 56.9 Å². The molecule has 3 rings (SSSR count). The van der Waals surface area contributed by atoms with Crippen LogP contribution in [0.1, 0.15) is 28.0 Å². The van der Waals surface area contributed by atoms with E-state index in [4.69, 9.17) is 0 Å². The van der Waals surface area contributed by atoms with Gasteiger partial charge in [0.1, 0.15) is 12.2 Å². The minimum absolute atomic E-state index is 0.401. The topological polar surface area (TPSA) is 53.6 Å². The monoisotopic (exact) mass is 318 g/mol. The fourth-order valence-electron chi connectivity index (χ4n) is 2.28. The van der Waals surface area contributed by atoms with Crippen molar-refractivity contribution in [1.82, 2.24) is 20.5 Å². The lowest BCUT2D eigenvalue weighted by Gasteiger charge is -2.16. The van der Waals surface area contributed by atoms with Gasteiger partial charge in [0, 0.05) is 28.6 Å². The van der Waals surface area contributed by atoms with Crippen molar-refractivity contribution in [2.45, 2.75) is 25.3 Å². The zero-order valence-corrected chi connectivity index (χ0v) is 13.3. The first-order chi connectivity index (χ1) is 10.4. The molecule has 21 heavy (non-hydrogen) atoms. The van der Waals surface area contributed by atoms with Gasteiger partial charge in [0.15, 0.2) is 0 Å². The van der Waals surface area contributed by atoms with Crippen molar-refractivity contribution < 1.29 is 0 Å². The summed E-state index contributed by atoms with van der Waals surface area (Å²) >= 11 is 3.65. The van der Waals surface area contributed by atoms with E-state index in [1.54, 1.807) is 6.33 Å². The third kappa shape index (κ3) is 4.23. The maximum Gasteiger partial charge on any atom is 0.137 e. The number of nitrogens with one attached hydrogen (secondary N) is 2. The molecule has 0 bridgehead atoms. The molecule has 0 aliphatic carbocycles.